The van der Waals surface area contributed by atoms with Crippen molar-refractivity contribution in [2.45, 2.75) is 63.1 Å². The van der Waals surface area contributed by atoms with Crippen LogP contribution in [0.15, 0.2) is 59.6 Å². The van der Waals surface area contributed by atoms with Crippen molar-refractivity contribution in [1.29, 1.82) is 0 Å². The minimum atomic E-state index is -3.90. The summed E-state index contributed by atoms with van der Waals surface area (Å²) in [6, 6.07) is 14.0. The maximum Gasteiger partial charge on any atom is 0.319 e. The summed E-state index contributed by atoms with van der Waals surface area (Å²) in [5, 5.41) is 6.39. The summed E-state index contributed by atoms with van der Waals surface area (Å²) in [6.45, 7) is 6.42. The standard InChI is InChI=1S/C26H32N4O4S2/c1-26(2,3)30-36(32,33)23-15-19(29-25(31)28-16-18-9-5-4-6-10-18)12-13-20(23)22-17-27-24(35-22)21-11-7-8-14-34-21/h4-6,9-10,12-13,15,17,21,30H,7-8,11,14,16H2,1-3H3,(H2,28,29,31). The molecule has 192 valence electrons. The van der Waals surface area contributed by atoms with Gasteiger partial charge in [0.25, 0.3) is 0 Å². The number of benzene rings is 2. The number of hydrogen-bond acceptors (Lipinski definition) is 6. The maximum atomic E-state index is 13.4. The van der Waals surface area contributed by atoms with Crippen molar-refractivity contribution in [3.63, 3.8) is 0 Å². The van der Waals surface area contributed by atoms with Gasteiger partial charge < -0.3 is 15.4 Å². The number of ether oxygens (including phenoxy) is 1. The maximum absolute atomic E-state index is 13.4. The lowest BCUT2D eigenvalue weighted by Gasteiger charge is -2.22. The minimum Gasteiger partial charge on any atom is -0.371 e. The molecule has 1 fully saturated rings. The van der Waals surface area contributed by atoms with E-state index < -0.39 is 21.6 Å². The fourth-order valence-electron chi connectivity index (χ4n) is 3.93. The van der Waals surface area contributed by atoms with Gasteiger partial charge in [0.05, 0.1) is 9.77 Å². The van der Waals surface area contributed by atoms with Crippen molar-refractivity contribution in [3.8, 4) is 10.4 Å². The van der Waals surface area contributed by atoms with Crippen LogP contribution < -0.4 is 15.4 Å². The highest BCUT2D eigenvalue weighted by molar-refractivity contribution is 7.89. The molecule has 1 aromatic heterocycles. The number of thiazole rings is 1. The number of sulfonamides is 1. The third kappa shape index (κ3) is 6.91. The fraction of sp³-hybridized carbons (Fsp3) is 0.385. The monoisotopic (exact) mass is 528 g/mol. The highest BCUT2D eigenvalue weighted by Crippen LogP contribution is 2.38. The third-order valence-corrected chi connectivity index (χ3v) is 8.43. The number of carbonyl (C=O) groups is 1. The van der Waals surface area contributed by atoms with E-state index in [-0.39, 0.29) is 11.0 Å². The number of nitrogens with one attached hydrogen (secondary N) is 3. The molecule has 0 spiro atoms. The van der Waals surface area contributed by atoms with Crippen LogP contribution in [0.3, 0.4) is 0 Å². The number of rotatable bonds is 7. The Kier molecular flexibility index (Phi) is 8.09. The lowest BCUT2D eigenvalue weighted by Crippen LogP contribution is -2.40. The van der Waals surface area contributed by atoms with Gasteiger partial charge in [0.15, 0.2) is 0 Å². The van der Waals surface area contributed by atoms with Gasteiger partial charge in [0.2, 0.25) is 10.0 Å². The zero-order valence-electron chi connectivity index (χ0n) is 20.7. The zero-order valence-corrected chi connectivity index (χ0v) is 22.3. The molecular formula is C26H32N4O4S2. The molecule has 10 heteroatoms. The molecule has 36 heavy (non-hydrogen) atoms. The molecule has 1 aliphatic rings. The molecule has 1 saturated heterocycles. The lowest BCUT2D eigenvalue weighted by molar-refractivity contribution is 0.0148. The molecular weight excluding hydrogens is 496 g/mol. The molecule has 3 N–H and O–H groups in total. The molecule has 0 bridgehead atoms. The predicted octanol–water partition coefficient (Wildman–Crippen LogP) is 5.45. The first-order chi connectivity index (χ1) is 17.1. The van der Waals surface area contributed by atoms with Gasteiger partial charge in [-0.3, -0.25) is 0 Å². The number of aromatic nitrogens is 1. The van der Waals surface area contributed by atoms with Crippen LogP contribution in [0.1, 0.15) is 56.7 Å². The van der Waals surface area contributed by atoms with Crippen molar-refractivity contribution in [1.82, 2.24) is 15.0 Å². The van der Waals surface area contributed by atoms with E-state index in [4.69, 9.17) is 4.74 Å². The summed E-state index contributed by atoms with van der Waals surface area (Å²) in [4.78, 5) is 17.8. The summed E-state index contributed by atoms with van der Waals surface area (Å²) in [5.74, 6) is 0. The number of anilines is 1. The summed E-state index contributed by atoms with van der Waals surface area (Å²) in [7, 11) is -3.90. The van der Waals surface area contributed by atoms with Crippen LogP contribution >= 0.6 is 11.3 Å². The van der Waals surface area contributed by atoms with Gasteiger partial charge in [-0.2, -0.15) is 0 Å². The van der Waals surface area contributed by atoms with Gasteiger partial charge in [0.1, 0.15) is 11.1 Å². The minimum absolute atomic E-state index is 0.0560. The summed E-state index contributed by atoms with van der Waals surface area (Å²) >= 11 is 1.44. The Morgan fingerprint density at radius 1 is 1.14 bits per heavy atom. The van der Waals surface area contributed by atoms with E-state index >= 15 is 0 Å². The number of hydrogen-bond donors (Lipinski definition) is 3. The number of carbonyl (C=O) groups excluding carboxylic acids is 1. The van der Waals surface area contributed by atoms with Crippen molar-refractivity contribution < 1.29 is 17.9 Å². The number of amides is 2. The van der Waals surface area contributed by atoms with Gasteiger partial charge in [0, 0.05) is 36.1 Å². The average molecular weight is 529 g/mol. The third-order valence-electron chi connectivity index (χ3n) is 5.51. The van der Waals surface area contributed by atoms with Crippen molar-refractivity contribution in [3.05, 3.63) is 65.3 Å². The molecule has 2 amide bonds. The summed E-state index contributed by atoms with van der Waals surface area (Å²) in [6.07, 6.45) is 4.68. The van der Waals surface area contributed by atoms with Crippen LogP contribution in [0.2, 0.25) is 0 Å². The molecule has 1 unspecified atom stereocenters. The van der Waals surface area contributed by atoms with Crippen LogP contribution in [0.4, 0.5) is 10.5 Å². The molecule has 0 radical (unpaired) electrons. The molecule has 8 nitrogen and oxygen atoms in total. The highest BCUT2D eigenvalue weighted by Gasteiger charge is 2.27. The normalized spacial score (nSPS) is 16.5. The molecule has 2 heterocycles. The molecule has 4 rings (SSSR count). The predicted molar refractivity (Wildman–Crippen MR) is 142 cm³/mol. The number of nitrogens with zero attached hydrogens (tertiary/aromatic N) is 1. The van der Waals surface area contributed by atoms with Gasteiger partial charge in [-0.25, -0.2) is 22.9 Å². The Morgan fingerprint density at radius 3 is 2.61 bits per heavy atom. The number of urea groups is 1. The Bertz CT molecular complexity index is 1290. The zero-order chi connectivity index (χ0) is 25.8. The first-order valence-electron chi connectivity index (χ1n) is 12.0. The Labute approximate surface area is 216 Å². The quantitative estimate of drug-likeness (QED) is 0.378. The van der Waals surface area contributed by atoms with Crippen LogP contribution in [-0.4, -0.2) is 31.6 Å². The van der Waals surface area contributed by atoms with Crippen molar-refractivity contribution in [2.24, 2.45) is 0 Å². The van der Waals surface area contributed by atoms with Crippen LogP contribution in [0.25, 0.3) is 10.4 Å². The van der Waals surface area contributed by atoms with Crippen molar-refractivity contribution in [2.75, 3.05) is 11.9 Å². The van der Waals surface area contributed by atoms with E-state index in [0.29, 0.717) is 24.4 Å². The van der Waals surface area contributed by atoms with Gasteiger partial charge in [-0.1, -0.05) is 36.4 Å². The second-order valence-electron chi connectivity index (χ2n) is 9.78. The second-order valence-corrected chi connectivity index (χ2v) is 12.5. The SMILES string of the molecule is CC(C)(C)NS(=O)(=O)c1cc(NC(=O)NCc2ccccc2)ccc1-c1cnc(C2CCCCO2)s1. The smallest absolute Gasteiger partial charge is 0.319 e. The lowest BCUT2D eigenvalue weighted by atomic mass is 10.1. The topological polar surface area (TPSA) is 109 Å². The van der Waals surface area contributed by atoms with E-state index in [1.54, 1.807) is 39.1 Å². The highest BCUT2D eigenvalue weighted by atomic mass is 32.2. The van der Waals surface area contributed by atoms with Crippen LogP contribution in [0, 0.1) is 0 Å². The molecule has 2 aromatic carbocycles. The summed E-state index contributed by atoms with van der Waals surface area (Å²) < 4.78 is 35.4. The van der Waals surface area contributed by atoms with Gasteiger partial charge in [-0.15, -0.1) is 11.3 Å². The Hall–Kier alpha value is -2.79. The van der Waals surface area contributed by atoms with E-state index in [0.717, 1.165) is 34.7 Å². The molecule has 0 aliphatic carbocycles. The Morgan fingerprint density at radius 2 is 1.92 bits per heavy atom. The van der Waals surface area contributed by atoms with E-state index in [2.05, 4.69) is 20.3 Å². The molecule has 1 aliphatic heterocycles. The average Bonchev–Trinajstić information content (AvgIpc) is 3.33. The van der Waals surface area contributed by atoms with E-state index in [9.17, 15) is 13.2 Å². The van der Waals surface area contributed by atoms with Gasteiger partial charge in [-0.05, 0) is 57.7 Å². The van der Waals surface area contributed by atoms with E-state index in [1.807, 2.05) is 30.3 Å². The second kappa shape index (κ2) is 11.1. The Balaban J connectivity index is 1.60. The van der Waals surface area contributed by atoms with Gasteiger partial charge >= 0.3 is 6.03 Å². The molecule has 1 atom stereocenters. The van der Waals surface area contributed by atoms with Crippen molar-refractivity contribution >= 4 is 33.1 Å². The van der Waals surface area contributed by atoms with E-state index in [1.165, 1.54) is 17.4 Å². The first-order valence-corrected chi connectivity index (χ1v) is 14.3. The van der Waals surface area contributed by atoms with Crippen LogP contribution in [0.5, 0.6) is 0 Å². The van der Waals surface area contributed by atoms with Crippen LogP contribution in [-0.2, 0) is 21.3 Å². The fourth-order valence-corrected chi connectivity index (χ4v) is 6.71. The summed E-state index contributed by atoms with van der Waals surface area (Å²) in [5.41, 5.74) is 1.19. The largest absolute Gasteiger partial charge is 0.371 e. The first kappa shape index (κ1) is 26.3. The molecule has 3 aromatic rings. The molecule has 0 saturated carbocycles.